The van der Waals surface area contributed by atoms with Crippen LogP contribution in [0.5, 0.6) is 5.75 Å². The van der Waals surface area contributed by atoms with Crippen LogP contribution in [0.25, 0.3) is 0 Å². The van der Waals surface area contributed by atoms with Crippen LogP contribution in [0.15, 0.2) is 18.2 Å². The van der Waals surface area contributed by atoms with Crippen LogP contribution in [0.3, 0.4) is 0 Å². The second-order valence-corrected chi connectivity index (χ2v) is 1.52. The topological polar surface area (TPSA) is 46.2 Å². The average molecular weight is 108 g/mol. The maximum absolute atomic E-state index is 8.70. The molecule has 0 aliphatic rings. The Balaban J connectivity index is 3.08. The summed E-state index contributed by atoms with van der Waals surface area (Å²) in [5.74, 6) is 0.157. The van der Waals surface area contributed by atoms with E-state index in [1.165, 1.54) is 12.1 Å². The predicted octanol–water partition coefficient (Wildman–Crippen LogP) is 0.775. The van der Waals surface area contributed by atoms with Crippen LogP contribution in [0.4, 0.5) is 5.69 Å². The molecule has 0 aliphatic carbocycles. The predicted molar refractivity (Wildman–Crippen MR) is 31.4 cm³/mol. The van der Waals surface area contributed by atoms with Crippen molar-refractivity contribution >= 4 is 5.69 Å². The third-order valence-electron chi connectivity index (χ3n) is 0.796. The molecule has 1 radical (unpaired) electrons. The molecule has 8 heavy (non-hydrogen) atoms. The van der Waals surface area contributed by atoms with Gasteiger partial charge in [-0.15, -0.1) is 0 Å². The number of benzene rings is 1. The van der Waals surface area contributed by atoms with E-state index in [-0.39, 0.29) is 5.75 Å². The van der Waals surface area contributed by atoms with Crippen molar-refractivity contribution in [3.05, 3.63) is 24.3 Å². The average Bonchev–Trinajstić information content (AvgIpc) is 1.64. The van der Waals surface area contributed by atoms with Gasteiger partial charge in [-0.3, -0.25) is 0 Å². The lowest BCUT2D eigenvalue weighted by molar-refractivity contribution is 0.475. The summed E-state index contributed by atoms with van der Waals surface area (Å²) in [6, 6.07) is 7.17. The molecule has 0 fully saturated rings. The third-order valence-corrected chi connectivity index (χ3v) is 0.796. The van der Waals surface area contributed by atoms with Gasteiger partial charge in [0.25, 0.3) is 0 Å². The number of nitrogens with two attached hydrogens (primary N) is 1. The first-order chi connectivity index (χ1) is 3.79. The summed E-state index contributed by atoms with van der Waals surface area (Å²) < 4.78 is 0. The normalized spacial score (nSPS) is 9.00. The molecule has 0 heterocycles. The van der Waals surface area contributed by atoms with Crippen molar-refractivity contribution in [2.45, 2.75) is 0 Å². The molecule has 1 aromatic carbocycles. The Labute approximate surface area is 47.6 Å². The van der Waals surface area contributed by atoms with Crippen LogP contribution >= 0.6 is 0 Å². The van der Waals surface area contributed by atoms with Gasteiger partial charge in [0, 0.05) is 11.8 Å². The molecule has 3 N–H and O–H groups in total. The molecular weight excluding hydrogens is 102 g/mol. The minimum atomic E-state index is 0.157. The minimum Gasteiger partial charge on any atom is -0.508 e. The summed E-state index contributed by atoms with van der Waals surface area (Å²) in [6.07, 6.45) is 0. The van der Waals surface area contributed by atoms with E-state index in [0.717, 1.165) is 0 Å². The lowest BCUT2D eigenvalue weighted by atomic mass is 10.3. The van der Waals surface area contributed by atoms with E-state index < -0.39 is 0 Å². The Morgan fingerprint density at radius 3 is 2.62 bits per heavy atom. The highest BCUT2D eigenvalue weighted by molar-refractivity contribution is 5.42. The van der Waals surface area contributed by atoms with Crippen molar-refractivity contribution in [3.63, 3.8) is 0 Å². The summed E-state index contributed by atoms with van der Waals surface area (Å²) in [4.78, 5) is 0. The van der Waals surface area contributed by atoms with E-state index in [1.54, 1.807) is 6.07 Å². The first-order valence-electron chi connectivity index (χ1n) is 2.24. The lowest BCUT2D eigenvalue weighted by Crippen LogP contribution is -1.80. The van der Waals surface area contributed by atoms with Gasteiger partial charge in [-0.1, -0.05) is 0 Å². The number of phenolic OH excluding ortho intramolecular Hbond substituents is 1. The zero-order valence-corrected chi connectivity index (χ0v) is 4.26. The smallest absolute Gasteiger partial charge is 0.118 e. The molecule has 2 nitrogen and oxygen atoms in total. The van der Waals surface area contributed by atoms with Crippen LogP contribution in [0.2, 0.25) is 0 Å². The minimum absolute atomic E-state index is 0.157. The number of anilines is 1. The number of phenols is 1. The summed E-state index contributed by atoms with van der Waals surface area (Å²) in [6.45, 7) is 0. The fraction of sp³-hybridized carbons (Fsp3) is 0. The highest BCUT2D eigenvalue weighted by Crippen LogP contribution is 2.10. The van der Waals surface area contributed by atoms with Gasteiger partial charge in [0.15, 0.2) is 0 Å². The second-order valence-electron chi connectivity index (χ2n) is 1.52. The molecule has 0 aromatic heterocycles. The highest BCUT2D eigenvalue weighted by Gasteiger charge is 1.84. The molecule has 41 valence electrons. The monoisotopic (exact) mass is 108 g/mol. The molecule has 0 aliphatic heterocycles. The fourth-order valence-corrected chi connectivity index (χ4v) is 0.477. The number of aromatic hydroxyl groups is 1. The standard InChI is InChI=1S/C6H6NO/c7-5-2-1-3-6(8)4-5/h2-4,8H,7H2. The van der Waals surface area contributed by atoms with Crippen LogP contribution in [0.1, 0.15) is 0 Å². The SMILES string of the molecule is Nc1c[c]cc(O)c1. The Bertz CT molecular complexity index is 168. The van der Waals surface area contributed by atoms with E-state index in [2.05, 4.69) is 6.07 Å². The number of hydrogen-bond acceptors (Lipinski definition) is 2. The third kappa shape index (κ3) is 0.904. The first kappa shape index (κ1) is 4.97. The van der Waals surface area contributed by atoms with Crippen molar-refractivity contribution in [1.82, 2.24) is 0 Å². The van der Waals surface area contributed by atoms with Crippen LogP contribution in [-0.4, -0.2) is 5.11 Å². The van der Waals surface area contributed by atoms with Gasteiger partial charge in [0.2, 0.25) is 0 Å². The summed E-state index contributed by atoms with van der Waals surface area (Å²) >= 11 is 0. The number of nitrogen functional groups attached to an aromatic ring is 1. The van der Waals surface area contributed by atoms with Crippen molar-refractivity contribution in [1.29, 1.82) is 0 Å². The lowest BCUT2D eigenvalue weighted by Gasteiger charge is -1.89. The Morgan fingerprint density at radius 2 is 2.25 bits per heavy atom. The van der Waals surface area contributed by atoms with Crippen molar-refractivity contribution in [3.8, 4) is 5.75 Å². The quantitative estimate of drug-likeness (QED) is 0.482. The first-order valence-corrected chi connectivity index (χ1v) is 2.24. The highest BCUT2D eigenvalue weighted by atomic mass is 16.3. The molecule has 0 saturated carbocycles. The van der Waals surface area contributed by atoms with Gasteiger partial charge in [-0.25, -0.2) is 0 Å². The van der Waals surface area contributed by atoms with E-state index >= 15 is 0 Å². The second kappa shape index (κ2) is 1.74. The summed E-state index contributed by atoms with van der Waals surface area (Å²) in [5, 5.41) is 8.70. The van der Waals surface area contributed by atoms with E-state index in [0.29, 0.717) is 5.69 Å². The number of hydrogen-bond donors (Lipinski definition) is 2. The molecule has 1 rings (SSSR count). The van der Waals surface area contributed by atoms with E-state index in [4.69, 9.17) is 10.8 Å². The summed E-state index contributed by atoms with van der Waals surface area (Å²) in [5.41, 5.74) is 5.80. The number of rotatable bonds is 0. The molecule has 0 amide bonds. The van der Waals surface area contributed by atoms with Crippen molar-refractivity contribution < 1.29 is 5.11 Å². The maximum Gasteiger partial charge on any atom is 0.118 e. The molecule has 0 unspecified atom stereocenters. The van der Waals surface area contributed by atoms with Gasteiger partial charge in [-0.05, 0) is 18.2 Å². The molecule has 0 bridgehead atoms. The largest absolute Gasteiger partial charge is 0.508 e. The maximum atomic E-state index is 8.70. The van der Waals surface area contributed by atoms with Gasteiger partial charge >= 0.3 is 0 Å². The van der Waals surface area contributed by atoms with Gasteiger partial charge in [0.1, 0.15) is 5.75 Å². The Morgan fingerprint density at radius 1 is 1.50 bits per heavy atom. The summed E-state index contributed by atoms with van der Waals surface area (Å²) in [7, 11) is 0. The van der Waals surface area contributed by atoms with Gasteiger partial charge in [-0.2, -0.15) is 0 Å². The Kier molecular flexibility index (Phi) is 1.08. The molecule has 1 aromatic rings. The van der Waals surface area contributed by atoms with Crippen molar-refractivity contribution in [2.24, 2.45) is 0 Å². The zero-order chi connectivity index (χ0) is 5.98. The molecule has 0 atom stereocenters. The Hall–Kier alpha value is -1.18. The molecule has 0 spiro atoms. The van der Waals surface area contributed by atoms with Crippen molar-refractivity contribution in [2.75, 3.05) is 5.73 Å². The molecular formula is C6H6NO. The van der Waals surface area contributed by atoms with E-state index in [1.807, 2.05) is 0 Å². The van der Waals surface area contributed by atoms with Gasteiger partial charge < -0.3 is 10.8 Å². The van der Waals surface area contributed by atoms with Crippen LogP contribution in [-0.2, 0) is 0 Å². The molecule has 0 saturated heterocycles. The van der Waals surface area contributed by atoms with Crippen LogP contribution < -0.4 is 5.73 Å². The molecule has 2 heteroatoms. The van der Waals surface area contributed by atoms with Gasteiger partial charge in [0.05, 0.1) is 0 Å². The van der Waals surface area contributed by atoms with Crippen LogP contribution in [0, 0.1) is 6.07 Å². The zero-order valence-electron chi connectivity index (χ0n) is 4.26. The van der Waals surface area contributed by atoms with E-state index in [9.17, 15) is 0 Å². The fourth-order valence-electron chi connectivity index (χ4n) is 0.477.